The number of carbonyl (C=O) groups excluding carboxylic acids is 1. The zero-order chi connectivity index (χ0) is 13.9. The van der Waals surface area contributed by atoms with E-state index in [9.17, 15) is 13.2 Å². The van der Waals surface area contributed by atoms with Crippen molar-refractivity contribution in [2.45, 2.75) is 18.7 Å². The summed E-state index contributed by atoms with van der Waals surface area (Å²) in [6.45, 7) is 3.54. The quantitative estimate of drug-likeness (QED) is 0.872. The summed E-state index contributed by atoms with van der Waals surface area (Å²) in [5.74, 6) is -0.327. The molecule has 1 heterocycles. The van der Waals surface area contributed by atoms with Gasteiger partial charge in [0.1, 0.15) is 0 Å². The highest BCUT2D eigenvalue weighted by molar-refractivity contribution is 9.11. The second-order valence-corrected chi connectivity index (χ2v) is 8.12. The molecule has 0 aliphatic carbocycles. The number of rotatable bonds is 5. The van der Waals surface area contributed by atoms with Crippen LogP contribution in [0.3, 0.4) is 0 Å². The second kappa shape index (κ2) is 6.14. The zero-order valence-corrected chi connectivity index (χ0v) is 13.6. The Morgan fingerprint density at radius 3 is 2.56 bits per heavy atom. The van der Waals surface area contributed by atoms with E-state index in [1.165, 1.54) is 18.4 Å². The van der Waals surface area contributed by atoms with Gasteiger partial charge in [-0.15, -0.1) is 11.3 Å². The van der Waals surface area contributed by atoms with Gasteiger partial charge in [0.25, 0.3) is 0 Å². The van der Waals surface area contributed by atoms with E-state index < -0.39 is 10.0 Å². The third kappa shape index (κ3) is 3.31. The van der Waals surface area contributed by atoms with E-state index >= 15 is 0 Å². The first-order chi connectivity index (χ1) is 8.32. The average molecular weight is 355 g/mol. The van der Waals surface area contributed by atoms with Gasteiger partial charge in [-0.05, 0) is 28.9 Å². The van der Waals surface area contributed by atoms with E-state index in [1.807, 2.05) is 0 Å². The van der Waals surface area contributed by atoms with Crippen molar-refractivity contribution < 1.29 is 13.2 Å². The molecule has 0 bridgehead atoms. The fourth-order valence-electron chi connectivity index (χ4n) is 1.43. The van der Waals surface area contributed by atoms with Gasteiger partial charge in [0.2, 0.25) is 15.9 Å². The van der Waals surface area contributed by atoms with Crippen molar-refractivity contribution in [1.29, 1.82) is 0 Å². The van der Waals surface area contributed by atoms with Crippen molar-refractivity contribution in [3.05, 3.63) is 14.7 Å². The molecule has 1 aromatic rings. The molecule has 0 unspecified atom stereocenters. The van der Waals surface area contributed by atoms with Crippen LogP contribution < -0.4 is 5.32 Å². The number of hydrogen-bond donors (Lipinski definition) is 1. The number of hydrogen-bond acceptors (Lipinski definition) is 4. The third-order valence-corrected chi connectivity index (χ3v) is 6.14. The topological polar surface area (TPSA) is 66.5 Å². The Balaban J connectivity index is 3.11. The Morgan fingerprint density at radius 2 is 2.17 bits per heavy atom. The molecule has 0 saturated heterocycles. The minimum atomic E-state index is -3.61. The summed E-state index contributed by atoms with van der Waals surface area (Å²) >= 11 is 4.63. The average Bonchev–Trinajstić information content (AvgIpc) is 2.65. The summed E-state index contributed by atoms with van der Waals surface area (Å²) in [7, 11) is -2.13. The molecular weight excluding hydrogens is 340 g/mol. The van der Waals surface area contributed by atoms with Crippen LogP contribution in [0, 0.1) is 6.92 Å². The Morgan fingerprint density at radius 1 is 1.56 bits per heavy atom. The van der Waals surface area contributed by atoms with Gasteiger partial charge in [0.05, 0.1) is 15.2 Å². The second-order valence-electron chi connectivity index (χ2n) is 3.58. The summed E-state index contributed by atoms with van der Waals surface area (Å²) in [5.41, 5.74) is 0. The van der Waals surface area contributed by atoms with Crippen LogP contribution >= 0.6 is 27.3 Å². The predicted molar refractivity (Wildman–Crippen MR) is 75.3 cm³/mol. The van der Waals surface area contributed by atoms with Crippen LogP contribution in [0.4, 0.5) is 0 Å². The number of amides is 1. The molecule has 1 N–H and O–H groups in total. The molecule has 0 aliphatic rings. The van der Waals surface area contributed by atoms with Gasteiger partial charge in [-0.3, -0.25) is 4.79 Å². The lowest BCUT2D eigenvalue weighted by atomic mass is 10.5. The van der Waals surface area contributed by atoms with Gasteiger partial charge >= 0.3 is 0 Å². The summed E-state index contributed by atoms with van der Waals surface area (Å²) in [6, 6.07) is 1.57. The number of halogens is 1. The van der Waals surface area contributed by atoms with Crippen molar-refractivity contribution in [2.24, 2.45) is 0 Å². The van der Waals surface area contributed by atoms with E-state index in [2.05, 4.69) is 21.2 Å². The van der Waals surface area contributed by atoms with Gasteiger partial charge in [-0.2, -0.15) is 4.31 Å². The molecule has 0 aromatic carbocycles. The van der Waals surface area contributed by atoms with Gasteiger partial charge in [-0.1, -0.05) is 6.92 Å². The van der Waals surface area contributed by atoms with Crippen LogP contribution in [0.2, 0.25) is 0 Å². The lowest BCUT2D eigenvalue weighted by Gasteiger charge is -2.19. The number of nitrogens with one attached hydrogen (secondary N) is 1. The number of sulfonamides is 1. The minimum Gasteiger partial charge on any atom is -0.358 e. The molecule has 0 radical (unpaired) electrons. The first-order valence-electron chi connectivity index (χ1n) is 5.29. The lowest BCUT2D eigenvalue weighted by Crippen LogP contribution is -2.39. The summed E-state index contributed by atoms with van der Waals surface area (Å²) in [4.78, 5) is 12.3. The van der Waals surface area contributed by atoms with Crippen LogP contribution in [0.25, 0.3) is 0 Å². The van der Waals surface area contributed by atoms with E-state index in [-0.39, 0.29) is 23.9 Å². The van der Waals surface area contributed by atoms with Gasteiger partial charge in [0.15, 0.2) is 0 Å². The van der Waals surface area contributed by atoms with Crippen LogP contribution in [0.1, 0.15) is 11.8 Å². The van der Waals surface area contributed by atoms with Gasteiger partial charge in [-0.25, -0.2) is 8.42 Å². The molecule has 1 aromatic heterocycles. The molecule has 0 fully saturated rings. The normalized spacial score (nSPS) is 11.8. The van der Waals surface area contributed by atoms with Gasteiger partial charge < -0.3 is 5.32 Å². The SMILES string of the molecule is CCN(CC(=O)NC)S(=O)(=O)c1cc(Br)sc1C. The first-order valence-corrected chi connectivity index (χ1v) is 8.34. The largest absolute Gasteiger partial charge is 0.358 e. The Kier molecular flexibility index (Phi) is 5.32. The molecule has 1 amide bonds. The number of likely N-dealkylation sites (N-methyl/N-ethyl adjacent to an activating group) is 2. The van der Waals surface area contributed by atoms with Crippen molar-refractivity contribution in [2.75, 3.05) is 20.1 Å². The molecule has 0 atom stereocenters. The molecule has 1 rings (SSSR count). The highest BCUT2D eigenvalue weighted by Gasteiger charge is 2.27. The van der Waals surface area contributed by atoms with E-state index in [0.717, 1.165) is 8.09 Å². The van der Waals surface area contributed by atoms with Crippen molar-refractivity contribution in [1.82, 2.24) is 9.62 Å². The molecule has 8 heteroatoms. The predicted octanol–water partition coefficient (Wildman–Crippen LogP) is 1.58. The minimum absolute atomic E-state index is 0.164. The standard InChI is InChI=1S/C10H15BrN2O3S2/c1-4-13(6-10(14)12-3)18(15,16)8-5-9(11)17-7(8)2/h5H,4,6H2,1-3H3,(H,12,14). The third-order valence-electron chi connectivity index (χ3n) is 2.41. The Labute approximate surface area is 119 Å². The monoisotopic (exact) mass is 354 g/mol. The van der Waals surface area contributed by atoms with Crippen molar-refractivity contribution in [3.8, 4) is 0 Å². The Hall–Kier alpha value is -0.440. The number of thiophene rings is 1. The molecular formula is C10H15BrN2O3S2. The molecule has 0 aliphatic heterocycles. The molecule has 0 spiro atoms. The Bertz CT molecular complexity index is 539. The van der Waals surface area contributed by atoms with E-state index in [4.69, 9.17) is 0 Å². The summed E-state index contributed by atoms with van der Waals surface area (Å²) in [6.07, 6.45) is 0. The first kappa shape index (κ1) is 15.6. The smallest absolute Gasteiger partial charge is 0.244 e. The lowest BCUT2D eigenvalue weighted by molar-refractivity contribution is -0.120. The highest BCUT2D eigenvalue weighted by atomic mass is 79.9. The van der Waals surface area contributed by atoms with Crippen LogP contribution in [0.15, 0.2) is 14.7 Å². The van der Waals surface area contributed by atoms with Crippen LogP contribution in [-0.2, 0) is 14.8 Å². The number of aryl methyl sites for hydroxylation is 1. The van der Waals surface area contributed by atoms with Crippen LogP contribution in [0.5, 0.6) is 0 Å². The maximum atomic E-state index is 12.4. The van der Waals surface area contributed by atoms with Gasteiger partial charge in [0, 0.05) is 18.5 Å². The van der Waals surface area contributed by atoms with Crippen LogP contribution in [-0.4, -0.2) is 38.8 Å². The number of carbonyl (C=O) groups is 1. The molecule has 0 saturated carbocycles. The van der Waals surface area contributed by atoms with Crippen molar-refractivity contribution in [3.63, 3.8) is 0 Å². The molecule has 102 valence electrons. The summed E-state index contributed by atoms with van der Waals surface area (Å²) < 4.78 is 26.7. The zero-order valence-electron chi connectivity index (χ0n) is 10.4. The molecule has 5 nitrogen and oxygen atoms in total. The van der Waals surface area contributed by atoms with Crippen molar-refractivity contribution >= 4 is 43.2 Å². The molecule has 18 heavy (non-hydrogen) atoms. The fraction of sp³-hybridized carbons (Fsp3) is 0.500. The maximum absolute atomic E-state index is 12.4. The maximum Gasteiger partial charge on any atom is 0.244 e. The highest BCUT2D eigenvalue weighted by Crippen LogP contribution is 2.31. The number of nitrogens with zero attached hydrogens (tertiary/aromatic N) is 1. The fourth-order valence-corrected chi connectivity index (χ4v) is 5.22. The summed E-state index contributed by atoms with van der Waals surface area (Å²) in [5, 5.41) is 2.42. The van der Waals surface area contributed by atoms with E-state index in [1.54, 1.807) is 19.9 Å². The van der Waals surface area contributed by atoms with E-state index in [0.29, 0.717) is 4.88 Å².